The maximum atomic E-state index is 8.39. The van der Waals surface area contributed by atoms with Crippen molar-refractivity contribution in [3.63, 3.8) is 0 Å². The Morgan fingerprint density at radius 2 is 2.50 bits per heavy atom. The van der Waals surface area contributed by atoms with E-state index in [1.165, 1.54) is 6.08 Å². The van der Waals surface area contributed by atoms with Crippen molar-refractivity contribution >= 4 is 11.5 Å². The second-order valence-corrected chi connectivity index (χ2v) is 2.54. The zero-order chi connectivity index (χ0) is 9.14. The number of nitrogens with two attached hydrogens (primary N) is 1. The van der Waals surface area contributed by atoms with Crippen molar-refractivity contribution in [1.29, 1.82) is 5.26 Å². The summed E-state index contributed by atoms with van der Waals surface area (Å²) in [5.41, 5.74) is 7.19. The smallest absolute Gasteiger partial charge is 0.127 e. The lowest BCUT2D eigenvalue weighted by Crippen LogP contribution is -2.01. The zero-order valence-electron chi connectivity index (χ0n) is 7.07. The van der Waals surface area contributed by atoms with Crippen molar-refractivity contribution in [3.8, 4) is 6.07 Å². The van der Waals surface area contributed by atoms with Crippen LogP contribution in [0.25, 0.3) is 5.70 Å². The van der Waals surface area contributed by atoms with Gasteiger partial charge < -0.3 is 5.73 Å². The number of hydrogen-bond donors (Lipinski definition) is 1. The van der Waals surface area contributed by atoms with E-state index in [9.17, 15) is 0 Å². The number of nitrogens with zero attached hydrogens (tertiary/aromatic N) is 3. The number of hydrogen-bond acceptors (Lipinski definition) is 3. The molecule has 4 heteroatoms. The summed E-state index contributed by atoms with van der Waals surface area (Å²) in [4.78, 5) is 0. The van der Waals surface area contributed by atoms with Crippen LogP contribution in [-0.4, -0.2) is 9.78 Å². The molecule has 0 aromatic carbocycles. The van der Waals surface area contributed by atoms with Gasteiger partial charge in [-0.3, -0.25) is 0 Å². The van der Waals surface area contributed by atoms with Crippen LogP contribution in [0.5, 0.6) is 0 Å². The highest BCUT2D eigenvalue weighted by Gasteiger charge is 2.01. The van der Waals surface area contributed by atoms with E-state index >= 15 is 0 Å². The molecule has 1 aromatic heterocycles. The van der Waals surface area contributed by atoms with Gasteiger partial charge in [0, 0.05) is 12.1 Å². The van der Waals surface area contributed by atoms with Crippen molar-refractivity contribution in [3.05, 3.63) is 17.8 Å². The molecule has 0 saturated heterocycles. The average molecular weight is 162 g/mol. The quantitative estimate of drug-likeness (QED) is 0.630. The Labute approximate surface area is 70.9 Å². The van der Waals surface area contributed by atoms with E-state index in [0.29, 0.717) is 5.82 Å². The summed E-state index contributed by atoms with van der Waals surface area (Å²) < 4.78 is 1.54. The van der Waals surface area contributed by atoms with E-state index in [1.54, 1.807) is 17.7 Å². The van der Waals surface area contributed by atoms with Crippen LogP contribution in [0.3, 0.4) is 0 Å². The highest BCUT2D eigenvalue weighted by molar-refractivity contribution is 5.52. The van der Waals surface area contributed by atoms with Gasteiger partial charge in [-0.05, 0) is 13.8 Å². The van der Waals surface area contributed by atoms with Gasteiger partial charge in [-0.25, -0.2) is 4.68 Å². The predicted octanol–water partition coefficient (Wildman–Crippen LogP) is 1.16. The van der Waals surface area contributed by atoms with Gasteiger partial charge in [-0.1, -0.05) is 0 Å². The largest absolute Gasteiger partial charge is 0.384 e. The Morgan fingerprint density at radius 1 is 1.83 bits per heavy atom. The van der Waals surface area contributed by atoms with Gasteiger partial charge in [0.25, 0.3) is 0 Å². The van der Waals surface area contributed by atoms with Gasteiger partial charge in [0.2, 0.25) is 0 Å². The normalized spacial score (nSPS) is 11.2. The number of rotatable bonds is 1. The third-order valence-corrected chi connectivity index (χ3v) is 1.47. The summed E-state index contributed by atoms with van der Waals surface area (Å²) >= 11 is 0. The van der Waals surface area contributed by atoms with Crippen LogP contribution in [0.2, 0.25) is 0 Å². The molecule has 1 aromatic rings. The van der Waals surface area contributed by atoms with E-state index in [-0.39, 0.29) is 0 Å². The molecule has 62 valence electrons. The number of aromatic nitrogens is 2. The molecule has 0 saturated carbocycles. The van der Waals surface area contributed by atoms with Crippen molar-refractivity contribution < 1.29 is 0 Å². The lowest BCUT2D eigenvalue weighted by molar-refractivity contribution is 0.886. The van der Waals surface area contributed by atoms with Crippen molar-refractivity contribution in [2.75, 3.05) is 5.73 Å². The first-order valence-electron chi connectivity index (χ1n) is 3.54. The molecule has 12 heavy (non-hydrogen) atoms. The van der Waals surface area contributed by atoms with Crippen LogP contribution in [-0.2, 0) is 0 Å². The molecule has 1 heterocycles. The third kappa shape index (κ3) is 1.45. The Balaban J connectivity index is 3.12. The fourth-order valence-corrected chi connectivity index (χ4v) is 0.957. The number of aryl methyl sites for hydroxylation is 1. The Morgan fingerprint density at radius 3 is 2.92 bits per heavy atom. The molecule has 0 unspecified atom stereocenters. The van der Waals surface area contributed by atoms with Crippen LogP contribution in [0.15, 0.2) is 12.1 Å². The minimum absolute atomic E-state index is 0.552. The number of anilines is 1. The first kappa shape index (κ1) is 8.34. The molecule has 1 rings (SSSR count). The van der Waals surface area contributed by atoms with Crippen molar-refractivity contribution in [2.45, 2.75) is 13.8 Å². The monoisotopic (exact) mass is 162 g/mol. The molecule has 0 amide bonds. The molecule has 4 nitrogen and oxygen atoms in total. The van der Waals surface area contributed by atoms with E-state index in [4.69, 9.17) is 11.0 Å². The molecule has 0 aliphatic rings. The second kappa shape index (κ2) is 3.09. The summed E-state index contributed by atoms with van der Waals surface area (Å²) in [7, 11) is 0. The molecule has 0 aliphatic heterocycles. The van der Waals surface area contributed by atoms with E-state index in [1.807, 2.05) is 13.0 Å². The van der Waals surface area contributed by atoms with Gasteiger partial charge in [0.15, 0.2) is 0 Å². The highest BCUT2D eigenvalue weighted by atomic mass is 15.3. The number of nitriles is 1. The molecule has 0 atom stereocenters. The molecule has 0 fully saturated rings. The van der Waals surface area contributed by atoms with Crippen LogP contribution in [0.4, 0.5) is 5.82 Å². The SMILES string of the molecule is C/C(=C/C#N)n1nc(C)cc1N. The summed E-state index contributed by atoms with van der Waals surface area (Å²) in [6.45, 7) is 3.64. The third-order valence-electron chi connectivity index (χ3n) is 1.47. The topological polar surface area (TPSA) is 67.6 Å². The van der Waals surface area contributed by atoms with Gasteiger partial charge in [-0.2, -0.15) is 10.4 Å². The number of nitrogen functional groups attached to an aromatic ring is 1. The Kier molecular flexibility index (Phi) is 2.15. The maximum absolute atomic E-state index is 8.39. The summed E-state index contributed by atoms with van der Waals surface area (Å²) in [5, 5.41) is 12.5. The van der Waals surface area contributed by atoms with E-state index in [0.717, 1.165) is 11.4 Å². The summed E-state index contributed by atoms with van der Waals surface area (Å²) in [5.74, 6) is 0.552. The first-order chi connectivity index (χ1) is 5.65. The minimum Gasteiger partial charge on any atom is -0.384 e. The number of allylic oxidation sites excluding steroid dienone is 2. The van der Waals surface area contributed by atoms with Crippen molar-refractivity contribution in [1.82, 2.24) is 9.78 Å². The fraction of sp³-hybridized carbons (Fsp3) is 0.250. The average Bonchev–Trinajstić information content (AvgIpc) is 2.30. The molecule has 0 bridgehead atoms. The maximum Gasteiger partial charge on any atom is 0.127 e. The minimum atomic E-state index is 0.552. The lowest BCUT2D eigenvalue weighted by Gasteiger charge is -2.00. The zero-order valence-corrected chi connectivity index (χ0v) is 7.07. The summed E-state index contributed by atoms with van der Waals surface area (Å²) in [6, 6.07) is 3.68. The van der Waals surface area contributed by atoms with Gasteiger partial charge in [-0.15, -0.1) is 0 Å². The lowest BCUT2D eigenvalue weighted by atomic mass is 10.4. The van der Waals surface area contributed by atoms with Gasteiger partial charge in [0.05, 0.1) is 17.5 Å². The van der Waals surface area contributed by atoms with Crippen LogP contribution in [0, 0.1) is 18.3 Å². The van der Waals surface area contributed by atoms with Gasteiger partial charge >= 0.3 is 0 Å². The molecule has 2 N–H and O–H groups in total. The molecular weight excluding hydrogens is 152 g/mol. The predicted molar refractivity (Wildman–Crippen MR) is 46.9 cm³/mol. The standard InChI is InChI=1S/C8H10N4/c1-6-5-8(10)12(11-6)7(2)3-4-9/h3,5H,10H2,1-2H3/b7-3-. The van der Waals surface area contributed by atoms with E-state index in [2.05, 4.69) is 5.10 Å². The van der Waals surface area contributed by atoms with Crippen LogP contribution in [0.1, 0.15) is 12.6 Å². The molecule has 0 aliphatic carbocycles. The van der Waals surface area contributed by atoms with Crippen LogP contribution < -0.4 is 5.73 Å². The van der Waals surface area contributed by atoms with E-state index < -0.39 is 0 Å². The molecule has 0 radical (unpaired) electrons. The van der Waals surface area contributed by atoms with Gasteiger partial charge in [0.1, 0.15) is 5.82 Å². The highest BCUT2D eigenvalue weighted by Crippen LogP contribution is 2.11. The Hall–Kier alpha value is -1.76. The summed E-state index contributed by atoms with van der Waals surface area (Å²) in [6.07, 6.45) is 1.41. The Bertz CT molecular complexity index is 354. The van der Waals surface area contributed by atoms with Crippen LogP contribution >= 0.6 is 0 Å². The van der Waals surface area contributed by atoms with Crippen molar-refractivity contribution in [2.24, 2.45) is 0 Å². The fourth-order valence-electron chi connectivity index (χ4n) is 0.957. The molecular formula is C8H10N4. The molecule has 0 spiro atoms. The first-order valence-corrected chi connectivity index (χ1v) is 3.54. The second-order valence-electron chi connectivity index (χ2n) is 2.54.